The zero-order chi connectivity index (χ0) is 13.6. The van der Waals surface area contributed by atoms with Gasteiger partial charge in [0, 0.05) is 31.5 Å². The molecule has 19 heavy (non-hydrogen) atoms. The van der Waals surface area contributed by atoms with Gasteiger partial charge in [0.15, 0.2) is 0 Å². The average molecular weight is 262 g/mol. The molecule has 0 aliphatic heterocycles. The first-order valence-corrected chi connectivity index (χ1v) is 7.49. The predicted molar refractivity (Wildman–Crippen MR) is 78.2 cm³/mol. The highest BCUT2D eigenvalue weighted by Gasteiger charge is 2.41. The van der Waals surface area contributed by atoms with E-state index in [9.17, 15) is 0 Å². The van der Waals surface area contributed by atoms with Gasteiger partial charge in [-0.25, -0.2) is 0 Å². The smallest absolute Gasteiger partial charge is 0.0834 e. The fourth-order valence-electron chi connectivity index (χ4n) is 3.16. The van der Waals surface area contributed by atoms with Crippen LogP contribution in [0.2, 0.25) is 0 Å². The molecule has 1 saturated carbocycles. The van der Waals surface area contributed by atoms with E-state index >= 15 is 0 Å². The fourth-order valence-corrected chi connectivity index (χ4v) is 3.16. The molecule has 0 spiro atoms. The van der Waals surface area contributed by atoms with Crippen LogP contribution in [0, 0.1) is 0 Å². The Kier molecular flexibility index (Phi) is 5.34. The second-order valence-corrected chi connectivity index (χ2v) is 5.51. The summed E-state index contributed by atoms with van der Waals surface area (Å²) in [6.07, 6.45) is 8.86. The van der Waals surface area contributed by atoms with E-state index in [1.807, 2.05) is 19.4 Å². The summed E-state index contributed by atoms with van der Waals surface area (Å²) in [6, 6.07) is 6.51. The van der Waals surface area contributed by atoms with Gasteiger partial charge in [-0.3, -0.25) is 4.98 Å². The van der Waals surface area contributed by atoms with Crippen molar-refractivity contribution in [1.29, 1.82) is 0 Å². The highest BCUT2D eigenvalue weighted by molar-refractivity contribution is 5.09. The molecule has 0 amide bonds. The maximum atomic E-state index is 5.94. The summed E-state index contributed by atoms with van der Waals surface area (Å²) in [7, 11) is 1.87. The molecule has 0 saturated heterocycles. The normalized spacial score (nSPS) is 19.5. The van der Waals surface area contributed by atoms with Crippen LogP contribution in [0.25, 0.3) is 0 Å². The van der Waals surface area contributed by atoms with Gasteiger partial charge in [0.25, 0.3) is 0 Å². The summed E-state index contributed by atoms with van der Waals surface area (Å²) >= 11 is 0. The molecule has 1 N–H and O–H groups in total. The number of rotatable bonds is 7. The van der Waals surface area contributed by atoms with E-state index in [0.29, 0.717) is 6.04 Å². The molecule has 3 nitrogen and oxygen atoms in total. The van der Waals surface area contributed by atoms with Crippen LogP contribution in [0.4, 0.5) is 0 Å². The van der Waals surface area contributed by atoms with Gasteiger partial charge >= 0.3 is 0 Å². The number of ether oxygens (including phenoxy) is 1. The molecule has 0 bridgehead atoms. The van der Waals surface area contributed by atoms with Crippen LogP contribution in [-0.2, 0) is 11.2 Å². The first-order chi connectivity index (χ1) is 9.30. The molecule has 106 valence electrons. The van der Waals surface area contributed by atoms with Gasteiger partial charge in [0.1, 0.15) is 0 Å². The lowest BCUT2D eigenvalue weighted by atomic mass is 9.88. The summed E-state index contributed by atoms with van der Waals surface area (Å²) in [5.41, 5.74) is 1.16. The largest absolute Gasteiger partial charge is 0.377 e. The van der Waals surface area contributed by atoms with Crippen molar-refractivity contribution in [3.8, 4) is 0 Å². The molecule has 0 radical (unpaired) electrons. The number of pyridine rings is 1. The third kappa shape index (κ3) is 3.54. The SMILES string of the molecule is CCCNC(Cc1ccccn1)C1(OC)CCCC1. The monoisotopic (exact) mass is 262 g/mol. The fraction of sp³-hybridized carbons (Fsp3) is 0.688. The molecule has 1 atom stereocenters. The zero-order valence-electron chi connectivity index (χ0n) is 12.2. The lowest BCUT2D eigenvalue weighted by molar-refractivity contribution is -0.0356. The summed E-state index contributed by atoms with van der Waals surface area (Å²) in [6.45, 7) is 3.25. The molecule has 0 aromatic carbocycles. The van der Waals surface area contributed by atoms with Crippen molar-refractivity contribution in [3.63, 3.8) is 0 Å². The third-order valence-electron chi connectivity index (χ3n) is 4.27. The summed E-state index contributed by atoms with van der Waals surface area (Å²) in [4.78, 5) is 4.47. The third-order valence-corrected chi connectivity index (χ3v) is 4.27. The number of hydrogen-bond donors (Lipinski definition) is 1. The Morgan fingerprint density at radius 3 is 2.74 bits per heavy atom. The number of aromatic nitrogens is 1. The Morgan fingerprint density at radius 2 is 2.16 bits per heavy atom. The standard InChI is InChI=1S/C16H26N2O/c1-3-11-18-15(13-14-8-4-7-12-17-14)16(19-2)9-5-6-10-16/h4,7-8,12,15,18H,3,5-6,9-11,13H2,1-2H3. The second-order valence-electron chi connectivity index (χ2n) is 5.51. The van der Waals surface area contributed by atoms with E-state index in [1.54, 1.807) is 0 Å². The minimum absolute atomic E-state index is 0.00664. The van der Waals surface area contributed by atoms with Gasteiger partial charge in [-0.05, 0) is 37.9 Å². The van der Waals surface area contributed by atoms with Crippen molar-refractivity contribution in [3.05, 3.63) is 30.1 Å². The van der Waals surface area contributed by atoms with Crippen molar-refractivity contribution in [2.45, 2.75) is 57.1 Å². The predicted octanol–water partition coefficient (Wildman–Crippen LogP) is 2.95. The number of hydrogen-bond acceptors (Lipinski definition) is 3. The molecule has 1 aromatic heterocycles. The average Bonchev–Trinajstić information content (AvgIpc) is 2.94. The molecular formula is C16H26N2O. The van der Waals surface area contributed by atoms with Crippen molar-refractivity contribution in [1.82, 2.24) is 10.3 Å². The van der Waals surface area contributed by atoms with Gasteiger partial charge < -0.3 is 10.1 Å². The van der Waals surface area contributed by atoms with Crippen LogP contribution in [0.1, 0.15) is 44.7 Å². The molecule has 1 fully saturated rings. The maximum Gasteiger partial charge on any atom is 0.0834 e. The zero-order valence-corrected chi connectivity index (χ0v) is 12.2. The minimum atomic E-state index is 0.00664. The molecule has 3 heteroatoms. The summed E-state index contributed by atoms with van der Waals surface area (Å²) in [5, 5.41) is 3.69. The highest BCUT2D eigenvalue weighted by Crippen LogP contribution is 2.36. The Hall–Kier alpha value is -0.930. The van der Waals surface area contributed by atoms with Gasteiger partial charge in [-0.1, -0.05) is 25.8 Å². The van der Waals surface area contributed by atoms with E-state index in [1.165, 1.54) is 12.8 Å². The second kappa shape index (κ2) is 7.01. The van der Waals surface area contributed by atoms with E-state index in [2.05, 4.69) is 29.4 Å². The Balaban J connectivity index is 2.10. The molecule has 2 rings (SSSR count). The molecule has 1 unspecified atom stereocenters. The number of nitrogens with zero attached hydrogens (tertiary/aromatic N) is 1. The van der Waals surface area contributed by atoms with Crippen molar-refractivity contribution < 1.29 is 4.74 Å². The Bertz CT molecular complexity index is 360. The molecule has 1 heterocycles. The van der Waals surface area contributed by atoms with Gasteiger partial charge in [-0.2, -0.15) is 0 Å². The molecular weight excluding hydrogens is 236 g/mol. The summed E-state index contributed by atoms with van der Waals surface area (Å²) in [5.74, 6) is 0. The maximum absolute atomic E-state index is 5.94. The van der Waals surface area contributed by atoms with Crippen molar-refractivity contribution >= 4 is 0 Å². The quantitative estimate of drug-likeness (QED) is 0.820. The van der Waals surface area contributed by atoms with Crippen LogP contribution in [0.5, 0.6) is 0 Å². The van der Waals surface area contributed by atoms with Crippen LogP contribution < -0.4 is 5.32 Å². The lowest BCUT2D eigenvalue weighted by Crippen LogP contribution is -2.52. The van der Waals surface area contributed by atoms with E-state index < -0.39 is 0 Å². The van der Waals surface area contributed by atoms with Crippen LogP contribution >= 0.6 is 0 Å². The van der Waals surface area contributed by atoms with Gasteiger partial charge in [0.05, 0.1) is 5.60 Å². The van der Waals surface area contributed by atoms with Crippen LogP contribution in [0.15, 0.2) is 24.4 Å². The molecule has 1 aliphatic carbocycles. The van der Waals surface area contributed by atoms with E-state index in [0.717, 1.165) is 37.9 Å². The van der Waals surface area contributed by atoms with E-state index in [4.69, 9.17) is 4.74 Å². The molecule has 1 aliphatic rings. The van der Waals surface area contributed by atoms with E-state index in [-0.39, 0.29) is 5.60 Å². The summed E-state index contributed by atoms with van der Waals surface area (Å²) < 4.78 is 5.94. The number of methoxy groups -OCH3 is 1. The van der Waals surface area contributed by atoms with Gasteiger partial charge in [0.2, 0.25) is 0 Å². The van der Waals surface area contributed by atoms with Crippen LogP contribution in [-0.4, -0.2) is 30.3 Å². The first kappa shape index (κ1) is 14.5. The van der Waals surface area contributed by atoms with Crippen LogP contribution in [0.3, 0.4) is 0 Å². The topological polar surface area (TPSA) is 34.2 Å². The van der Waals surface area contributed by atoms with Gasteiger partial charge in [-0.15, -0.1) is 0 Å². The lowest BCUT2D eigenvalue weighted by Gasteiger charge is -2.37. The Morgan fingerprint density at radius 1 is 1.37 bits per heavy atom. The van der Waals surface area contributed by atoms with Crippen molar-refractivity contribution in [2.24, 2.45) is 0 Å². The number of nitrogens with one attached hydrogen (secondary N) is 1. The highest BCUT2D eigenvalue weighted by atomic mass is 16.5. The van der Waals surface area contributed by atoms with Crippen molar-refractivity contribution in [2.75, 3.05) is 13.7 Å². The Labute approximate surface area is 116 Å². The minimum Gasteiger partial charge on any atom is -0.377 e. The first-order valence-electron chi connectivity index (χ1n) is 7.49. The molecule has 1 aromatic rings.